The molecule has 0 aromatic heterocycles. The average molecular weight is 247 g/mol. The van der Waals surface area contributed by atoms with Gasteiger partial charge in [0, 0.05) is 18.5 Å². The van der Waals surface area contributed by atoms with Crippen molar-refractivity contribution in [2.75, 3.05) is 19.7 Å². The van der Waals surface area contributed by atoms with Crippen LogP contribution in [0.2, 0.25) is 0 Å². The van der Waals surface area contributed by atoms with Gasteiger partial charge in [0.25, 0.3) is 0 Å². The van der Waals surface area contributed by atoms with E-state index in [2.05, 4.69) is 5.32 Å². The molecule has 6 heteroatoms. The van der Waals surface area contributed by atoms with Gasteiger partial charge in [-0.1, -0.05) is 0 Å². The number of nitrogens with one attached hydrogen (secondary N) is 1. The van der Waals surface area contributed by atoms with Crippen molar-refractivity contribution in [1.29, 1.82) is 5.26 Å². The second kappa shape index (κ2) is 5.47. The van der Waals surface area contributed by atoms with Crippen LogP contribution >= 0.6 is 0 Å². The van der Waals surface area contributed by atoms with Gasteiger partial charge in [0.2, 0.25) is 0 Å². The third kappa shape index (κ3) is 2.76. The Balaban J connectivity index is 2.11. The number of hydrogen-bond acceptors (Lipinski definition) is 5. The average Bonchev–Trinajstić information content (AvgIpc) is 2.89. The Kier molecular flexibility index (Phi) is 3.75. The van der Waals surface area contributed by atoms with E-state index in [9.17, 15) is 10.1 Å². The van der Waals surface area contributed by atoms with Crippen molar-refractivity contribution in [2.24, 2.45) is 5.92 Å². The van der Waals surface area contributed by atoms with E-state index in [0.29, 0.717) is 12.5 Å². The van der Waals surface area contributed by atoms with E-state index in [1.165, 1.54) is 18.2 Å². The van der Waals surface area contributed by atoms with E-state index >= 15 is 0 Å². The number of rotatable bonds is 4. The number of ether oxygens (including phenoxy) is 1. The third-order valence-corrected chi connectivity index (χ3v) is 2.92. The van der Waals surface area contributed by atoms with Crippen molar-refractivity contribution in [3.05, 3.63) is 33.9 Å². The molecule has 1 aliphatic rings. The molecule has 1 aromatic rings. The molecule has 1 saturated heterocycles. The Bertz CT molecular complexity index is 490. The maximum absolute atomic E-state index is 10.9. The van der Waals surface area contributed by atoms with Crippen LogP contribution in [0.4, 0.5) is 5.69 Å². The largest absolute Gasteiger partial charge is 0.486 e. The molecule has 94 valence electrons. The van der Waals surface area contributed by atoms with Crippen LogP contribution in [-0.2, 0) is 0 Å². The summed E-state index contributed by atoms with van der Waals surface area (Å²) in [5, 5.41) is 22.8. The van der Waals surface area contributed by atoms with E-state index in [1.807, 2.05) is 6.07 Å². The van der Waals surface area contributed by atoms with Crippen molar-refractivity contribution in [3.8, 4) is 11.8 Å². The number of nitro groups is 1. The van der Waals surface area contributed by atoms with Crippen LogP contribution in [0, 0.1) is 27.4 Å². The topological polar surface area (TPSA) is 88.2 Å². The van der Waals surface area contributed by atoms with Crippen LogP contribution in [0.15, 0.2) is 18.2 Å². The summed E-state index contributed by atoms with van der Waals surface area (Å²) in [4.78, 5) is 10.4. The highest BCUT2D eigenvalue weighted by Gasteiger charge is 2.19. The highest BCUT2D eigenvalue weighted by Crippen LogP contribution is 2.28. The normalized spacial score (nSPS) is 18.3. The summed E-state index contributed by atoms with van der Waals surface area (Å²) in [6.07, 6.45) is 1.02. The molecular formula is C12H13N3O3. The van der Waals surface area contributed by atoms with Gasteiger partial charge >= 0.3 is 5.69 Å². The fourth-order valence-corrected chi connectivity index (χ4v) is 1.92. The van der Waals surface area contributed by atoms with Crippen molar-refractivity contribution >= 4 is 5.69 Å². The van der Waals surface area contributed by atoms with E-state index in [4.69, 9.17) is 10.00 Å². The lowest BCUT2D eigenvalue weighted by molar-refractivity contribution is -0.385. The van der Waals surface area contributed by atoms with E-state index in [1.54, 1.807) is 0 Å². The Labute approximate surface area is 104 Å². The predicted octanol–water partition coefficient (Wildman–Crippen LogP) is 1.45. The summed E-state index contributed by atoms with van der Waals surface area (Å²) in [7, 11) is 0. The number of hydrogen-bond donors (Lipinski definition) is 1. The molecule has 0 aliphatic carbocycles. The van der Waals surface area contributed by atoms with Crippen LogP contribution in [-0.4, -0.2) is 24.6 Å². The molecule has 0 radical (unpaired) electrons. The molecule has 1 aromatic carbocycles. The van der Waals surface area contributed by atoms with Gasteiger partial charge in [0.15, 0.2) is 5.75 Å². The lowest BCUT2D eigenvalue weighted by atomic mass is 10.1. The van der Waals surface area contributed by atoms with Gasteiger partial charge in [-0.05, 0) is 25.1 Å². The number of nitrogens with zero attached hydrogens (tertiary/aromatic N) is 2. The Morgan fingerprint density at radius 1 is 1.61 bits per heavy atom. The van der Waals surface area contributed by atoms with Gasteiger partial charge in [0.1, 0.15) is 0 Å². The minimum atomic E-state index is -0.525. The van der Waals surface area contributed by atoms with Crippen LogP contribution in [0.1, 0.15) is 12.0 Å². The maximum atomic E-state index is 10.9. The van der Waals surface area contributed by atoms with Crippen molar-refractivity contribution in [1.82, 2.24) is 5.32 Å². The van der Waals surface area contributed by atoms with Gasteiger partial charge in [-0.3, -0.25) is 10.1 Å². The minimum absolute atomic E-state index is 0.153. The highest BCUT2D eigenvalue weighted by atomic mass is 16.6. The predicted molar refractivity (Wildman–Crippen MR) is 64.3 cm³/mol. The first-order chi connectivity index (χ1) is 8.70. The molecule has 2 rings (SSSR count). The summed E-state index contributed by atoms with van der Waals surface area (Å²) in [6.45, 7) is 2.30. The van der Waals surface area contributed by atoms with Gasteiger partial charge in [-0.25, -0.2) is 0 Å². The van der Waals surface area contributed by atoms with Gasteiger partial charge in [0.05, 0.1) is 23.2 Å². The molecule has 1 N–H and O–H groups in total. The monoisotopic (exact) mass is 247 g/mol. The SMILES string of the molecule is N#Cc1ccc(OCC2CCNC2)c([N+](=O)[O-])c1. The second-order valence-corrected chi connectivity index (χ2v) is 4.22. The summed E-state index contributed by atoms with van der Waals surface area (Å²) in [5.41, 5.74) is 0.108. The van der Waals surface area contributed by atoms with E-state index in [0.717, 1.165) is 19.5 Å². The third-order valence-electron chi connectivity index (χ3n) is 2.92. The quantitative estimate of drug-likeness (QED) is 0.642. The van der Waals surface area contributed by atoms with Gasteiger partial charge < -0.3 is 10.1 Å². The Morgan fingerprint density at radius 2 is 2.44 bits per heavy atom. The first-order valence-electron chi connectivity index (χ1n) is 5.73. The molecule has 1 unspecified atom stereocenters. The van der Waals surface area contributed by atoms with Crippen molar-refractivity contribution in [3.63, 3.8) is 0 Å². The lowest BCUT2D eigenvalue weighted by Gasteiger charge is -2.10. The summed E-state index contributed by atoms with van der Waals surface area (Å²) in [5.74, 6) is 0.617. The second-order valence-electron chi connectivity index (χ2n) is 4.22. The number of nitro benzene ring substituents is 1. The van der Waals surface area contributed by atoms with Gasteiger partial charge in [-0.15, -0.1) is 0 Å². The molecular weight excluding hydrogens is 234 g/mol. The molecule has 1 atom stereocenters. The number of benzene rings is 1. The van der Waals surface area contributed by atoms with E-state index in [-0.39, 0.29) is 17.0 Å². The van der Waals surface area contributed by atoms with Gasteiger partial charge in [-0.2, -0.15) is 5.26 Å². The fourth-order valence-electron chi connectivity index (χ4n) is 1.92. The van der Waals surface area contributed by atoms with Crippen LogP contribution in [0.25, 0.3) is 0 Å². The Morgan fingerprint density at radius 3 is 3.06 bits per heavy atom. The molecule has 0 spiro atoms. The van der Waals surface area contributed by atoms with Crippen LogP contribution < -0.4 is 10.1 Å². The summed E-state index contributed by atoms with van der Waals surface area (Å²) in [6, 6.07) is 6.12. The van der Waals surface area contributed by atoms with Crippen LogP contribution in [0.5, 0.6) is 5.75 Å². The minimum Gasteiger partial charge on any atom is -0.486 e. The number of nitriles is 1. The van der Waals surface area contributed by atoms with E-state index < -0.39 is 4.92 Å². The molecule has 1 aliphatic heterocycles. The zero-order valence-electron chi connectivity index (χ0n) is 9.76. The standard InChI is InChI=1S/C12H13N3O3/c13-6-9-1-2-12(11(5-9)15(16)17)18-8-10-3-4-14-7-10/h1-2,5,10,14H,3-4,7-8H2. The molecule has 18 heavy (non-hydrogen) atoms. The lowest BCUT2D eigenvalue weighted by Crippen LogP contribution is -2.15. The Hall–Kier alpha value is -2.13. The zero-order chi connectivity index (χ0) is 13.0. The molecule has 0 bridgehead atoms. The molecule has 1 fully saturated rings. The molecule has 0 amide bonds. The first kappa shape index (κ1) is 12.3. The van der Waals surface area contributed by atoms with Crippen molar-refractivity contribution in [2.45, 2.75) is 6.42 Å². The zero-order valence-corrected chi connectivity index (χ0v) is 9.76. The molecule has 1 heterocycles. The summed E-state index contributed by atoms with van der Waals surface area (Å²) >= 11 is 0. The van der Waals surface area contributed by atoms with Crippen molar-refractivity contribution < 1.29 is 9.66 Å². The first-order valence-corrected chi connectivity index (χ1v) is 5.73. The molecule has 0 saturated carbocycles. The fraction of sp³-hybridized carbons (Fsp3) is 0.417. The maximum Gasteiger partial charge on any atom is 0.312 e. The van der Waals surface area contributed by atoms with Crippen LogP contribution in [0.3, 0.4) is 0 Å². The summed E-state index contributed by atoms with van der Waals surface area (Å²) < 4.78 is 5.49. The molecule has 6 nitrogen and oxygen atoms in total. The smallest absolute Gasteiger partial charge is 0.312 e. The highest BCUT2D eigenvalue weighted by molar-refractivity contribution is 5.51.